The van der Waals surface area contributed by atoms with Crippen LogP contribution in [0.15, 0.2) is 60.9 Å². The second-order valence-corrected chi connectivity index (χ2v) is 5.43. The number of halogens is 2. The number of anilines is 1. The molecule has 1 heterocycles. The van der Waals surface area contributed by atoms with Gasteiger partial charge < -0.3 is 16.2 Å². The minimum Gasteiger partial charge on any atom is -0.508 e. The molecule has 0 saturated heterocycles. The molecule has 0 spiro atoms. The number of hydrogen-bond donors (Lipinski definition) is 4. The number of aromatic amines is 1. The fourth-order valence-electron chi connectivity index (χ4n) is 2.49. The number of amides is 1. The maximum absolute atomic E-state index is 12.5. The number of phenolic OH excluding ortho intramolecular Hbond substituents is 1. The number of nitrogens with two attached hydrogens (primary N) is 1. The van der Waals surface area contributed by atoms with Crippen molar-refractivity contribution in [1.29, 1.82) is 0 Å². The maximum Gasteiger partial charge on any atom is 0.233 e. The van der Waals surface area contributed by atoms with Gasteiger partial charge in [0.15, 0.2) is 0 Å². The van der Waals surface area contributed by atoms with E-state index in [1.165, 1.54) is 0 Å². The molecule has 8 heteroatoms. The average molecular weight is 395 g/mol. The summed E-state index contributed by atoms with van der Waals surface area (Å²) in [5, 5.41) is 18.9. The van der Waals surface area contributed by atoms with Gasteiger partial charge in [-0.05, 0) is 35.4 Å². The van der Waals surface area contributed by atoms with E-state index in [0.29, 0.717) is 5.69 Å². The zero-order chi connectivity index (χ0) is 16.9. The van der Waals surface area contributed by atoms with Crippen LogP contribution < -0.4 is 11.1 Å². The number of aromatic nitrogens is 2. The topological polar surface area (TPSA) is 104 Å². The lowest BCUT2D eigenvalue weighted by atomic mass is 9.98. The highest BCUT2D eigenvalue weighted by atomic mass is 35.5. The minimum atomic E-state index is -0.473. The maximum atomic E-state index is 12.5. The van der Waals surface area contributed by atoms with Gasteiger partial charge in [-0.15, -0.1) is 24.8 Å². The molecule has 0 aliphatic carbocycles. The fourth-order valence-corrected chi connectivity index (χ4v) is 2.49. The third-order valence-corrected chi connectivity index (χ3v) is 3.83. The molecular weight excluding hydrogens is 375 g/mol. The van der Waals surface area contributed by atoms with Crippen molar-refractivity contribution >= 4 is 36.4 Å². The van der Waals surface area contributed by atoms with Gasteiger partial charge in [0.2, 0.25) is 5.91 Å². The lowest BCUT2D eigenvalue weighted by molar-refractivity contribution is -0.117. The Bertz CT molecular complexity index is 806. The van der Waals surface area contributed by atoms with Gasteiger partial charge in [0.05, 0.1) is 12.1 Å². The Morgan fingerprint density at radius 1 is 1.08 bits per heavy atom. The second-order valence-electron chi connectivity index (χ2n) is 5.43. The van der Waals surface area contributed by atoms with Gasteiger partial charge in [-0.25, -0.2) is 0 Å². The Balaban J connectivity index is 0.00000169. The Morgan fingerprint density at radius 3 is 2.27 bits per heavy atom. The standard InChI is InChI=1S/C18H18N4O2.2ClH/c19-9-17(13-3-7-16(23)8-4-13)18(24)22-15-5-1-12(2-6-15)14-10-20-21-11-14;;/h1-8,10-11,17,23H,9,19H2,(H,20,21)(H,22,24);2*1H. The van der Waals surface area contributed by atoms with E-state index < -0.39 is 5.92 Å². The number of carbonyl (C=O) groups excluding carboxylic acids is 1. The van der Waals surface area contributed by atoms with Crippen LogP contribution in [0.2, 0.25) is 0 Å². The smallest absolute Gasteiger partial charge is 0.233 e. The predicted octanol–water partition coefficient (Wildman–Crippen LogP) is 3.31. The van der Waals surface area contributed by atoms with Crippen molar-refractivity contribution in [2.24, 2.45) is 5.73 Å². The summed E-state index contributed by atoms with van der Waals surface area (Å²) >= 11 is 0. The summed E-state index contributed by atoms with van der Waals surface area (Å²) < 4.78 is 0. The first kappa shape index (κ1) is 21.5. The molecule has 0 bridgehead atoms. The van der Waals surface area contributed by atoms with Crippen LogP contribution >= 0.6 is 24.8 Å². The largest absolute Gasteiger partial charge is 0.508 e. The quantitative estimate of drug-likeness (QED) is 0.532. The molecule has 6 nitrogen and oxygen atoms in total. The molecule has 1 atom stereocenters. The number of nitrogens with one attached hydrogen (secondary N) is 2. The summed E-state index contributed by atoms with van der Waals surface area (Å²) in [4.78, 5) is 12.5. The molecule has 2 aromatic carbocycles. The molecule has 0 saturated carbocycles. The second kappa shape index (κ2) is 9.82. The molecule has 5 N–H and O–H groups in total. The van der Waals surface area contributed by atoms with Crippen molar-refractivity contribution < 1.29 is 9.90 Å². The highest BCUT2D eigenvalue weighted by molar-refractivity contribution is 5.96. The van der Waals surface area contributed by atoms with Gasteiger partial charge in [0.1, 0.15) is 5.75 Å². The molecule has 0 aliphatic rings. The van der Waals surface area contributed by atoms with E-state index in [1.54, 1.807) is 30.5 Å². The van der Waals surface area contributed by atoms with Crippen molar-refractivity contribution in [3.8, 4) is 16.9 Å². The summed E-state index contributed by atoms with van der Waals surface area (Å²) in [6.07, 6.45) is 3.55. The minimum absolute atomic E-state index is 0. The zero-order valence-corrected chi connectivity index (χ0v) is 15.4. The summed E-state index contributed by atoms with van der Waals surface area (Å²) in [6.45, 7) is 0.184. The van der Waals surface area contributed by atoms with Gasteiger partial charge in [0, 0.05) is 24.0 Å². The first-order chi connectivity index (χ1) is 11.7. The third kappa shape index (κ3) is 4.98. The summed E-state index contributed by atoms with van der Waals surface area (Å²) in [5.41, 5.74) is 9.21. The molecular formula is C18H20Cl2N4O2. The van der Waals surface area contributed by atoms with Gasteiger partial charge in [-0.1, -0.05) is 24.3 Å². The summed E-state index contributed by atoms with van der Waals surface area (Å²) in [5.74, 6) is -0.497. The van der Waals surface area contributed by atoms with Crippen LogP contribution in [0, 0.1) is 0 Å². The zero-order valence-electron chi connectivity index (χ0n) is 13.8. The number of rotatable bonds is 5. The third-order valence-electron chi connectivity index (χ3n) is 3.83. The number of hydrogen-bond acceptors (Lipinski definition) is 4. The van der Waals surface area contributed by atoms with Crippen LogP contribution in [0.1, 0.15) is 11.5 Å². The highest BCUT2D eigenvalue weighted by Crippen LogP contribution is 2.22. The number of H-pyrrole nitrogens is 1. The van der Waals surface area contributed by atoms with E-state index in [0.717, 1.165) is 16.7 Å². The molecule has 1 amide bonds. The highest BCUT2D eigenvalue weighted by Gasteiger charge is 2.19. The number of phenols is 1. The van der Waals surface area contributed by atoms with Crippen molar-refractivity contribution in [3.63, 3.8) is 0 Å². The van der Waals surface area contributed by atoms with Crippen LogP contribution in [0.25, 0.3) is 11.1 Å². The summed E-state index contributed by atoms with van der Waals surface area (Å²) in [6, 6.07) is 14.0. The van der Waals surface area contributed by atoms with Crippen LogP contribution in [-0.2, 0) is 4.79 Å². The van der Waals surface area contributed by atoms with Crippen molar-refractivity contribution in [2.75, 3.05) is 11.9 Å². The van der Waals surface area contributed by atoms with Crippen LogP contribution in [0.4, 0.5) is 5.69 Å². The molecule has 1 aromatic heterocycles. The van der Waals surface area contributed by atoms with E-state index in [9.17, 15) is 9.90 Å². The number of benzene rings is 2. The van der Waals surface area contributed by atoms with E-state index >= 15 is 0 Å². The van der Waals surface area contributed by atoms with Crippen LogP contribution in [0.3, 0.4) is 0 Å². The monoisotopic (exact) mass is 394 g/mol. The Kier molecular flexibility index (Phi) is 8.12. The molecule has 0 fully saturated rings. The SMILES string of the molecule is Cl.Cl.NCC(C(=O)Nc1ccc(-c2cn[nH]c2)cc1)c1ccc(O)cc1. The van der Waals surface area contributed by atoms with Gasteiger partial charge in [0.25, 0.3) is 0 Å². The molecule has 138 valence electrons. The lowest BCUT2D eigenvalue weighted by Crippen LogP contribution is -2.27. The van der Waals surface area contributed by atoms with Crippen LogP contribution in [-0.4, -0.2) is 27.8 Å². The first-order valence-electron chi connectivity index (χ1n) is 7.56. The number of carbonyl (C=O) groups is 1. The van der Waals surface area contributed by atoms with Crippen molar-refractivity contribution in [2.45, 2.75) is 5.92 Å². The van der Waals surface area contributed by atoms with Crippen LogP contribution in [0.5, 0.6) is 5.75 Å². The van der Waals surface area contributed by atoms with Crippen molar-refractivity contribution in [3.05, 3.63) is 66.5 Å². The van der Waals surface area contributed by atoms with E-state index in [1.807, 2.05) is 30.5 Å². The Hall–Kier alpha value is -2.54. The molecule has 0 radical (unpaired) electrons. The Labute approximate surface area is 163 Å². The van der Waals surface area contributed by atoms with Gasteiger partial charge >= 0.3 is 0 Å². The van der Waals surface area contributed by atoms with Crippen molar-refractivity contribution in [1.82, 2.24) is 10.2 Å². The Morgan fingerprint density at radius 2 is 1.73 bits per heavy atom. The molecule has 3 aromatic rings. The lowest BCUT2D eigenvalue weighted by Gasteiger charge is -2.15. The predicted molar refractivity (Wildman–Crippen MR) is 107 cm³/mol. The van der Waals surface area contributed by atoms with Gasteiger partial charge in [-0.2, -0.15) is 5.10 Å². The normalized spacial score (nSPS) is 11.0. The number of nitrogens with zero attached hydrogens (tertiary/aromatic N) is 1. The molecule has 1 unspecified atom stereocenters. The van der Waals surface area contributed by atoms with E-state index in [-0.39, 0.29) is 43.0 Å². The van der Waals surface area contributed by atoms with Gasteiger partial charge in [-0.3, -0.25) is 9.89 Å². The summed E-state index contributed by atoms with van der Waals surface area (Å²) in [7, 11) is 0. The number of aromatic hydroxyl groups is 1. The van der Waals surface area contributed by atoms with E-state index in [4.69, 9.17) is 5.73 Å². The molecule has 3 rings (SSSR count). The van der Waals surface area contributed by atoms with E-state index in [2.05, 4.69) is 15.5 Å². The first-order valence-corrected chi connectivity index (χ1v) is 7.56. The molecule has 0 aliphatic heterocycles. The molecule has 26 heavy (non-hydrogen) atoms. The fraction of sp³-hybridized carbons (Fsp3) is 0.111. The average Bonchev–Trinajstić information content (AvgIpc) is 3.12.